The van der Waals surface area contributed by atoms with Gasteiger partial charge < -0.3 is 14.7 Å². The van der Waals surface area contributed by atoms with Crippen LogP contribution in [0.4, 0.5) is 13.2 Å². The SMILES string of the molecule is CCN1CCC(O)(Cc2ccc(OC(F)(F)F)cc2)CC1. The van der Waals surface area contributed by atoms with E-state index in [0.717, 1.165) is 25.2 Å². The van der Waals surface area contributed by atoms with E-state index in [9.17, 15) is 18.3 Å². The topological polar surface area (TPSA) is 32.7 Å². The molecule has 1 fully saturated rings. The van der Waals surface area contributed by atoms with Crippen molar-refractivity contribution in [2.75, 3.05) is 19.6 Å². The lowest BCUT2D eigenvalue weighted by molar-refractivity contribution is -0.274. The monoisotopic (exact) mass is 303 g/mol. The van der Waals surface area contributed by atoms with Crippen molar-refractivity contribution in [3.63, 3.8) is 0 Å². The molecule has 118 valence electrons. The fourth-order valence-corrected chi connectivity index (χ4v) is 2.65. The van der Waals surface area contributed by atoms with Crippen LogP contribution in [0.15, 0.2) is 24.3 Å². The van der Waals surface area contributed by atoms with Crippen LogP contribution in [0.2, 0.25) is 0 Å². The van der Waals surface area contributed by atoms with Crippen molar-refractivity contribution in [3.05, 3.63) is 29.8 Å². The minimum atomic E-state index is -4.67. The highest BCUT2D eigenvalue weighted by atomic mass is 19.4. The molecule has 21 heavy (non-hydrogen) atoms. The van der Waals surface area contributed by atoms with Gasteiger partial charge >= 0.3 is 6.36 Å². The number of hydrogen-bond donors (Lipinski definition) is 1. The number of likely N-dealkylation sites (tertiary alicyclic amines) is 1. The van der Waals surface area contributed by atoms with Crippen LogP contribution in [0.5, 0.6) is 5.75 Å². The lowest BCUT2D eigenvalue weighted by atomic mass is 9.85. The number of aliphatic hydroxyl groups is 1. The second-order valence-corrected chi connectivity index (χ2v) is 5.53. The maximum atomic E-state index is 12.1. The highest BCUT2D eigenvalue weighted by Gasteiger charge is 2.33. The molecule has 0 atom stereocenters. The Balaban J connectivity index is 1.94. The summed E-state index contributed by atoms with van der Waals surface area (Å²) < 4.78 is 40.1. The maximum absolute atomic E-state index is 12.1. The number of benzene rings is 1. The van der Waals surface area contributed by atoms with Gasteiger partial charge in [-0.15, -0.1) is 13.2 Å². The Bertz CT molecular complexity index is 451. The number of halogens is 3. The highest BCUT2D eigenvalue weighted by molar-refractivity contribution is 5.28. The first-order valence-electron chi connectivity index (χ1n) is 7.09. The Morgan fingerprint density at radius 2 is 1.76 bits per heavy atom. The quantitative estimate of drug-likeness (QED) is 0.928. The molecule has 1 aliphatic heterocycles. The Labute approximate surface area is 122 Å². The summed E-state index contributed by atoms with van der Waals surface area (Å²) in [6.45, 7) is 4.76. The summed E-state index contributed by atoms with van der Waals surface area (Å²) in [5, 5.41) is 10.6. The van der Waals surface area contributed by atoms with Crippen molar-refractivity contribution in [2.45, 2.75) is 38.1 Å². The van der Waals surface area contributed by atoms with Crippen molar-refractivity contribution < 1.29 is 23.0 Å². The van der Waals surface area contributed by atoms with Gasteiger partial charge in [-0.3, -0.25) is 0 Å². The Hall–Kier alpha value is -1.27. The van der Waals surface area contributed by atoms with E-state index < -0.39 is 12.0 Å². The van der Waals surface area contributed by atoms with Gasteiger partial charge in [0.25, 0.3) is 0 Å². The van der Waals surface area contributed by atoms with Gasteiger partial charge in [0.05, 0.1) is 5.60 Å². The van der Waals surface area contributed by atoms with Crippen LogP contribution >= 0.6 is 0 Å². The van der Waals surface area contributed by atoms with Crippen LogP contribution in [0, 0.1) is 0 Å². The predicted molar refractivity (Wildman–Crippen MR) is 73.1 cm³/mol. The predicted octanol–water partition coefficient (Wildman–Crippen LogP) is 2.97. The van der Waals surface area contributed by atoms with Crippen molar-refractivity contribution in [1.82, 2.24) is 4.90 Å². The molecule has 0 radical (unpaired) electrons. The third-order valence-corrected chi connectivity index (χ3v) is 3.92. The summed E-state index contributed by atoms with van der Waals surface area (Å²) >= 11 is 0. The zero-order valence-corrected chi connectivity index (χ0v) is 12.0. The molecule has 0 aromatic heterocycles. The average Bonchev–Trinajstić information content (AvgIpc) is 2.40. The molecule has 0 saturated carbocycles. The summed E-state index contributed by atoms with van der Waals surface area (Å²) in [7, 11) is 0. The summed E-state index contributed by atoms with van der Waals surface area (Å²) in [6, 6.07) is 5.72. The molecule has 1 aliphatic rings. The smallest absolute Gasteiger partial charge is 0.406 e. The number of nitrogens with zero attached hydrogens (tertiary/aromatic N) is 1. The number of piperidine rings is 1. The molecule has 3 nitrogen and oxygen atoms in total. The van der Waals surface area contributed by atoms with Crippen LogP contribution in [0.1, 0.15) is 25.3 Å². The second kappa shape index (κ2) is 6.23. The molecule has 0 amide bonds. The van der Waals surface area contributed by atoms with E-state index in [1.165, 1.54) is 12.1 Å². The molecule has 2 rings (SSSR count). The van der Waals surface area contributed by atoms with E-state index in [1.54, 1.807) is 12.1 Å². The van der Waals surface area contributed by atoms with Crippen molar-refractivity contribution in [1.29, 1.82) is 0 Å². The molecule has 1 aromatic carbocycles. The zero-order chi connectivity index (χ0) is 15.5. The van der Waals surface area contributed by atoms with E-state index in [0.29, 0.717) is 19.3 Å². The molecule has 1 saturated heterocycles. The molecular formula is C15H20F3NO2. The lowest BCUT2D eigenvalue weighted by Gasteiger charge is -2.38. The first-order chi connectivity index (χ1) is 9.80. The lowest BCUT2D eigenvalue weighted by Crippen LogP contribution is -2.45. The standard InChI is InChI=1S/C15H20F3NO2/c1-2-19-9-7-14(20,8-10-19)11-12-3-5-13(6-4-12)21-15(16,17)18/h3-6,20H,2,7-11H2,1H3. The van der Waals surface area contributed by atoms with Gasteiger partial charge in [0.1, 0.15) is 5.75 Å². The normalized spacial score (nSPS) is 19.5. The third kappa shape index (κ3) is 4.89. The van der Waals surface area contributed by atoms with E-state index in [-0.39, 0.29) is 5.75 Å². The summed E-state index contributed by atoms with van der Waals surface area (Å²) in [4.78, 5) is 2.27. The average molecular weight is 303 g/mol. The van der Waals surface area contributed by atoms with Gasteiger partial charge in [-0.05, 0) is 37.1 Å². The number of alkyl halides is 3. The fourth-order valence-electron chi connectivity index (χ4n) is 2.65. The first kappa shape index (κ1) is 16.1. The number of rotatable bonds is 4. The van der Waals surface area contributed by atoms with Crippen LogP contribution in [-0.2, 0) is 6.42 Å². The minimum Gasteiger partial charge on any atom is -0.406 e. The third-order valence-electron chi connectivity index (χ3n) is 3.92. The Morgan fingerprint density at radius 3 is 2.24 bits per heavy atom. The van der Waals surface area contributed by atoms with E-state index in [1.807, 2.05) is 0 Å². The van der Waals surface area contributed by atoms with Gasteiger partial charge in [-0.2, -0.15) is 0 Å². The molecule has 1 N–H and O–H groups in total. The van der Waals surface area contributed by atoms with Crippen molar-refractivity contribution >= 4 is 0 Å². The Morgan fingerprint density at radius 1 is 1.19 bits per heavy atom. The molecular weight excluding hydrogens is 283 g/mol. The molecule has 0 unspecified atom stereocenters. The van der Waals surface area contributed by atoms with Gasteiger partial charge in [0, 0.05) is 19.5 Å². The molecule has 0 bridgehead atoms. The number of ether oxygens (including phenoxy) is 1. The van der Waals surface area contributed by atoms with E-state index in [4.69, 9.17) is 0 Å². The summed E-state index contributed by atoms with van der Waals surface area (Å²) in [5.74, 6) is -0.237. The van der Waals surface area contributed by atoms with Gasteiger partial charge in [0.15, 0.2) is 0 Å². The molecule has 0 aliphatic carbocycles. The molecule has 0 spiro atoms. The van der Waals surface area contributed by atoms with Crippen LogP contribution < -0.4 is 4.74 Å². The van der Waals surface area contributed by atoms with E-state index in [2.05, 4.69) is 16.6 Å². The largest absolute Gasteiger partial charge is 0.573 e. The fraction of sp³-hybridized carbons (Fsp3) is 0.600. The first-order valence-corrected chi connectivity index (χ1v) is 7.09. The van der Waals surface area contributed by atoms with Gasteiger partial charge in [0.2, 0.25) is 0 Å². The van der Waals surface area contributed by atoms with Crippen molar-refractivity contribution in [3.8, 4) is 5.75 Å². The Kier molecular flexibility index (Phi) is 4.78. The number of hydrogen-bond acceptors (Lipinski definition) is 3. The zero-order valence-electron chi connectivity index (χ0n) is 12.0. The minimum absolute atomic E-state index is 0.237. The van der Waals surface area contributed by atoms with E-state index >= 15 is 0 Å². The van der Waals surface area contributed by atoms with Crippen LogP contribution in [0.3, 0.4) is 0 Å². The molecule has 1 heterocycles. The van der Waals surface area contributed by atoms with Crippen molar-refractivity contribution in [2.24, 2.45) is 0 Å². The summed E-state index contributed by atoms with van der Waals surface area (Å²) in [5.41, 5.74) is 0.0508. The molecule has 6 heteroatoms. The van der Waals surface area contributed by atoms with Crippen LogP contribution in [-0.4, -0.2) is 41.6 Å². The maximum Gasteiger partial charge on any atom is 0.573 e. The molecule has 1 aromatic rings. The second-order valence-electron chi connectivity index (χ2n) is 5.53. The van der Waals surface area contributed by atoms with Gasteiger partial charge in [-0.25, -0.2) is 0 Å². The van der Waals surface area contributed by atoms with Gasteiger partial charge in [-0.1, -0.05) is 19.1 Å². The highest BCUT2D eigenvalue weighted by Crippen LogP contribution is 2.28. The summed E-state index contributed by atoms with van der Waals surface area (Å²) in [6.07, 6.45) is -2.85. The van der Waals surface area contributed by atoms with Crippen LogP contribution in [0.25, 0.3) is 0 Å².